The first-order chi connectivity index (χ1) is 6.90. The highest BCUT2D eigenvalue weighted by Crippen LogP contribution is 2.17. The molecule has 0 aromatic carbocycles. The summed E-state index contributed by atoms with van der Waals surface area (Å²) in [6.07, 6.45) is -4.18. The van der Waals surface area contributed by atoms with Gasteiger partial charge in [0.05, 0.1) is 19.6 Å². The molecule has 0 saturated carbocycles. The van der Waals surface area contributed by atoms with Gasteiger partial charge in [-0.15, -0.1) is 0 Å². The van der Waals surface area contributed by atoms with Crippen LogP contribution in [0.1, 0.15) is 11.5 Å². The summed E-state index contributed by atoms with van der Waals surface area (Å²) in [7, 11) is 1.39. The van der Waals surface area contributed by atoms with Crippen molar-refractivity contribution in [2.24, 2.45) is 5.73 Å². The Balaban J connectivity index is 2.47. The maximum absolute atomic E-state index is 12.0. The maximum Gasteiger partial charge on any atom is 0.401 e. The van der Waals surface area contributed by atoms with Crippen LogP contribution >= 0.6 is 0 Å². The van der Waals surface area contributed by atoms with Crippen LogP contribution in [0.5, 0.6) is 0 Å². The Morgan fingerprint density at radius 3 is 2.40 bits per heavy atom. The lowest BCUT2D eigenvalue weighted by atomic mass is 10.4. The zero-order valence-electron chi connectivity index (χ0n) is 8.34. The maximum atomic E-state index is 12.0. The molecule has 1 rings (SSSR count). The molecule has 86 valence electrons. The first kappa shape index (κ1) is 12.1. The van der Waals surface area contributed by atoms with Gasteiger partial charge in [-0.1, -0.05) is 0 Å². The van der Waals surface area contributed by atoms with Crippen molar-refractivity contribution >= 4 is 0 Å². The monoisotopic (exact) mass is 222 g/mol. The van der Waals surface area contributed by atoms with Gasteiger partial charge in [0, 0.05) is 0 Å². The molecule has 0 unspecified atom stereocenters. The summed E-state index contributed by atoms with van der Waals surface area (Å²) in [5.74, 6) is 1.06. The highest BCUT2D eigenvalue weighted by molar-refractivity contribution is 5.06. The molecule has 0 fully saturated rings. The Kier molecular flexibility index (Phi) is 3.76. The third-order valence-electron chi connectivity index (χ3n) is 1.79. The van der Waals surface area contributed by atoms with Crippen LogP contribution in [0.15, 0.2) is 16.5 Å². The Labute approximate surface area is 85.6 Å². The van der Waals surface area contributed by atoms with Gasteiger partial charge < -0.3 is 10.2 Å². The van der Waals surface area contributed by atoms with Crippen molar-refractivity contribution in [2.75, 3.05) is 13.6 Å². The minimum Gasteiger partial charge on any atom is -0.463 e. The fourth-order valence-corrected chi connectivity index (χ4v) is 1.24. The van der Waals surface area contributed by atoms with Crippen molar-refractivity contribution in [3.05, 3.63) is 23.7 Å². The summed E-state index contributed by atoms with van der Waals surface area (Å²) in [6.45, 7) is -0.575. The molecular weight excluding hydrogens is 209 g/mol. The van der Waals surface area contributed by atoms with Crippen LogP contribution in [-0.2, 0) is 13.1 Å². The predicted octanol–water partition coefficient (Wildman–Crippen LogP) is 1.73. The fourth-order valence-electron chi connectivity index (χ4n) is 1.24. The summed E-state index contributed by atoms with van der Waals surface area (Å²) in [6, 6.07) is 3.30. The van der Waals surface area contributed by atoms with E-state index in [0.29, 0.717) is 11.5 Å². The molecule has 0 aliphatic carbocycles. The average Bonchev–Trinajstić information content (AvgIpc) is 2.48. The van der Waals surface area contributed by atoms with Gasteiger partial charge in [-0.3, -0.25) is 4.90 Å². The Morgan fingerprint density at radius 2 is 1.93 bits per heavy atom. The van der Waals surface area contributed by atoms with Gasteiger partial charge >= 0.3 is 6.18 Å². The molecule has 0 aliphatic heterocycles. The van der Waals surface area contributed by atoms with Crippen LogP contribution in [0.4, 0.5) is 13.2 Å². The van der Waals surface area contributed by atoms with Crippen molar-refractivity contribution in [2.45, 2.75) is 19.3 Å². The van der Waals surface area contributed by atoms with Crippen molar-refractivity contribution in [1.29, 1.82) is 0 Å². The molecule has 2 N–H and O–H groups in total. The van der Waals surface area contributed by atoms with Crippen molar-refractivity contribution < 1.29 is 17.6 Å². The number of rotatable bonds is 4. The molecule has 0 aliphatic rings. The van der Waals surface area contributed by atoms with Gasteiger partial charge in [-0.2, -0.15) is 13.2 Å². The third-order valence-corrected chi connectivity index (χ3v) is 1.79. The molecule has 3 nitrogen and oxygen atoms in total. The fraction of sp³-hybridized carbons (Fsp3) is 0.556. The Bertz CT molecular complexity index is 309. The smallest absolute Gasteiger partial charge is 0.401 e. The molecule has 0 spiro atoms. The number of hydrogen-bond donors (Lipinski definition) is 1. The van der Waals surface area contributed by atoms with Gasteiger partial charge in [0.15, 0.2) is 0 Å². The first-order valence-electron chi connectivity index (χ1n) is 4.43. The van der Waals surface area contributed by atoms with E-state index in [0.717, 1.165) is 4.90 Å². The minimum absolute atomic E-state index is 0.125. The second-order valence-electron chi connectivity index (χ2n) is 3.36. The predicted molar refractivity (Wildman–Crippen MR) is 49.0 cm³/mol. The average molecular weight is 222 g/mol. The topological polar surface area (TPSA) is 42.4 Å². The summed E-state index contributed by atoms with van der Waals surface area (Å²) in [5.41, 5.74) is 5.31. The molecule has 0 saturated heterocycles. The summed E-state index contributed by atoms with van der Waals surface area (Å²) < 4.78 is 41.1. The standard InChI is InChI=1S/C9H13F3N2O/c1-14(6-9(10,11)12)5-8-3-2-7(4-13)15-8/h2-3H,4-6,13H2,1H3. The van der Waals surface area contributed by atoms with Gasteiger partial charge in [0.25, 0.3) is 0 Å². The Morgan fingerprint density at radius 1 is 1.33 bits per heavy atom. The van der Waals surface area contributed by atoms with E-state index in [4.69, 9.17) is 10.2 Å². The highest BCUT2D eigenvalue weighted by Gasteiger charge is 2.29. The first-order valence-corrected chi connectivity index (χ1v) is 4.43. The van der Waals surface area contributed by atoms with Gasteiger partial charge in [0.2, 0.25) is 0 Å². The van der Waals surface area contributed by atoms with E-state index in [1.165, 1.54) is 7.05 Å². The van der Waals surface area contributed by atoms with E-state index in [9.17, 15) is 13.2 Å². The zero-order valence-corrected chi connectivity index (χ0v) is 8.34. The van der Waals surface area contributed by atoms with Crippen molar-refractivity contribution in [1.82, 2.24) is 4.90 Å². The summed E-state index contributed by atoms with van der Waals surface area (Å²) in [5, 5.41) is 0. The quantitative estimate of drug-likeness (QED) is 0.843. The zero-order chi connectivity index (χ0) is 11.5. The largest absolute Gasteiger partial charge is 0.463 e. The molecule has 0 atom stereocenters. The number of hydrogen-bond acceptors (Lipinski definition) is 3. The van der Waals surface area contributed by atoms with E-state index in [1.54, 1.807) is 12.1 Å². The van der Waals surface area contributed by atoms with Crippen LogP contribution in [0.3, 0.4) is 0 Å². The summed E-state index contributed by atoms with van der Waals surface area (Å²) in [4.78, 5) is 1.14. The third kappa shape index (κ3) is 4.35. The molecule has 1 aromatic rings. The lowest BCUT2D eigenvalue weighted by Gasteiger charge is -2.16. The number of halogens is 3. The van der Waals surface area contributed by atoms with E-state index in [-0.39, 0.29) is 13.1 Å². The van der Waals surface area contributed by atoms with Crippen LogP contribution in [0, 0.1) is 0 Å². The van der Waals surface area contributed by atoms with E-state index >= 15 is 0 Å². The van der Waals surface area contributed by atoms with Crippen molar-refractivity contribution in [3.63, 3.8) is 0 Å². The SMILES string of the molecule is CN(Cc1ccc(CN)o1)CC(F)(F)F. The minimum atomic E-state index is -4.18. The Hall–Kier alpha value is -1.01. The highest BCUT2D eigenvalue weighted by atomic mass is 19.4. The normalized spacial score (nSPS) is 12.4. The van der Waals surface area contributed by atoms with Crippen molar-refractivity contribution in [3.8, 4) is 0 Å². The lowest BCUT2D eigenvalue weighted by Crippen LogP contribution is -2.30. The van der Waals surface area contributed by atoms with E-state index in [1.807, 2.05) is 0 Å². The molecular formula is C9H13F3N2O. The molecule has 0 bridgehead atoms. The number of nitrogens with zero attached hydrogens (tertiary/aromatic N) is 1. The van der Waals surface area contributed by atoms with Gasteiger partial charge in [0.1, 0.15) is 11.5 Å². The molecule has 1 aromatic heterocycles. The molecule has 0 radical (unpaired) electrons. The number of nitrogens with two attached hydrogens (primary N) is 1. The number of furan rings is 1. The van der Waals surface area contributed by atoms with E-state index in [2.05, 4.69) is 0 Å². The number of alkyl halides is 3. The molecule has 1 heterocycles. The second-order valence-corrected chi connectivity index (χ2v) is 3.36. The van der Waals surface area contributed by atoms with E-state index < -0.39 is 12.7 Å². The molecule has 0 amide bonds. The van der Waals surface area contributed by atoms with Crippen LogP contribution in [-0.4, -0.2) is 24.7 Å². The van der Waals surface area contributed by atoms with Crippen LogP contribution < -0.4 is 5.73 Å². The van der Waals surface area contributed by atoms with Gasteiger partial charge in [-0.25, -0.2) is 0 Å². The lowest BCUT2D eigenvalue weighted by molar-refractivity contribution is -0.144. The van der Waals surface area contributed by atoms with Crippen LogP contribution in [0.25, 0.3) is 0 Å². The summed E-state index contributed by atoms with van der Waals surface area (Å²) >= 11 is 0. The van der Waals surface area contributed by atoms with Gasteiger partial charge in [-0.05, 0) is 19.2 Å². The van der Waals surface area contributed by atoms with Crippen LogP contribution in [0.2, 0.25) is 0 Å². The molecule has 15 heavy (non-hydrogen) atoms. The second kappa shape index (κ2) is 4.67. The molecule has 6 heteroatoms.